The highest BCUT2D eigenvalue weighted by Gasteiger charge is 2.40. The summed E-state index contributed by atoms with van der Waals surface area (Å²) >= 11 is 0. The van der Waals surface area contributed by atoms with Crippen molar-refractivity contribution in [2.24, 2.45) is 10.7 Å². The molecule has 2 rings (SSSR count). The number of rotatable bonds is 1. The predicted octanol–water partition coefficient (Wildman–Crippen LogP) is -0.717. The molecule has 6 nitrogen and oxygen atoms in total. The van der Waals surface area contributed by atoms with Crippen molar-refractivity contribution in [2.75, 3.05) is 0 Å². The second-order valence-electron chi connectivity index (χ2n) is 2.93. The third kappa shape index (κ3) is 1.19. The third-order valence-corrected chi connectivity index (χ3v) is 1.84. The number of hydrogen-bond acceptors (Lipinski definition) is 5. The van der Waals surface area contributed by atoms with Crippen molar-refractivity contribution >= 4 is 12.2 Å². The highest BCUT2D eigenvalue weighted by Crippen LogP contribution is 2.22. The molecular weight excluding hydrogens is 191 g/mol. The van der Waals surface area contributed by atoms with E-state index in [0.29, 0.717) is 0 Å². The van der Waals surface area contributed by atoms with Gasteiger partial charge in [-0.3, -0.25) is 10.7 Å². The summed E-state index contributed by atoms with van der Waals surface area (Å²) in [4.78, 5) is 14.4. The molecule has 2 aliphatic heterocycles. The molecule has 0 amide bonds. The van der Waals surface area contributed by atoms with E-state index in [-0.39, 0.29) is 5.82 Å². The highest BCUT2D eigenvalue weighted by atomic mass is 19.1. The second kappa shape index (κ2) is 2.63. The number of halogens is 1. The van der Waals surface area contributed by atoms with Crippen molar-refractivity contribution in [1.82, 2.24) is 10.4 Å². The van der Waals surface area contributed by atoms with Gasteiger partial charge in [0.25, 0.3) is 0 Å². The summed E-state index contributed by atoms with van der Waals surface area (Å²) in [6, 6.07) is 0. The number of allylic oxidation sites excluding steroid dienone is 1. The fourth-order valence-electron chi connectivity index (χ4n) is 1.15. The molecule has 1 atom stereocenters. The number of carboxylic acid groups (broad SMARTS) is 1. The minimum absolute atomic E-state index is 0.260. The minimum atomic E-state index is -1.73. The maximum absolute atomic E-state index is 12.7. The molecule has 0 aromatic rings. The van der Waals surface area contributed by atoms with Crippen LogP contribution >= 0.6 is 0 Å². The smallest absolute Gasteiger partial charge is 0.344 e. The molecule has 0 spiro atoms. The SMILES string of the molecule is NC1(C(=O)O)C=C2N=CC(F)=CN2N1. The Morgan fingerprint density at radius 2 is 2.50 bits per heavy atom. The van der Waals surface area contributed by atoms with E-state index in [9.17, 15) is 9.18 Å². The van der Waals surface area contributed by atoms with Gasteiger partial charge in [0.1, 0.15) is 5.82 Å². The molecule has 0 saturated heterocycles. The number of carbonyl (C=O) groups is 1. The molecule has 1 unspecified atom stereocenters. The normalized spacial score (nSPS) is 29.7. The zero-order chi connectivity index (χ0) is 10.3. The molecule has 0 radical (unpaired) electrons. The molecule has 4 N–H and O–H groups in total. The first kappa shape index (κ1) is 8.85. The average molecular weight is 198 g/mol. The maximum Gasteiger partial charge on any atom is 0.344 e. The molecule has 0 saturated carbocycles. The second-order valence-corrected chi connectivity index (χ2v) is 2.93. The number of nitrogens with one attached hydrogen (secondary N) is 1. The fraction of sp³-hybridized carbons (Fsp3) is 0.143. The van der Waals surface area contributed by atoms with Gasteiger partial charge in [0.15, 0.2) is 5.83 Å². The Labute approximate surface area is 78.2 Å². The Morgan fingerprint density at radius 3 is 3.14 bits per heavy atom. The monoisotopic (exact) mass is 198 g/mol. The van der Waals surface area contributed by atoms with Crippen molar-refractivity contribution in [3.63, 3.8) is 0 Å². The number of hydrogen-bond donors (Lipinski definition) is 3. The van der Waals surface area contributed by atoms with Crippen LogP contribution in [0.4, 0.5) is 4.39 Å². The predicted molar refractivity (Wildman–Crippen MR) is 45.3 cm³/mol. The average Bonchev–Trinajstić information content (AvgIpc) is 2.42. The van der Waals surface area contributed by atoms with E-state index in [1.165, 1.54) is 6.08 Å². The van der Waals surface area contributed by atoms with Crippen LogP contribution in [0.5, 0.6) is 0 Å². The van der Waals surface area contributed by atoms with Crippen molar-refractivity contribution in [3.05, 3.63) is 23.9 Å². The van der Waals surface area contributed by atoms with Crippen LogP contribution in [-0.2, 0) is 4.79 Å². The molecule has 0 bridgehead atoms. The largest absolute Gasteiger partial charge is 0.479 e. The number of fused-ring (bicyclic) bond motifs is 1. The summed E-state index contributed by atoms with van der Waals surface area (Å²) in [7, 11) is 0. The minimum Gasteiger partial charge on any atom is -0.479 e. The molecule has 0 aromatic heterocycles. The summed E-state index contributed by atoms with van der Waals surface area (Å²) in [5.74, 6) is -1.58. The van der Waals surface area contributed by atoms with Gasteiger partial charge in [-0.1, -0.05) is 0 Å². The molecule has 2 heterocycles. The first-order valence-electron chi connectivity index (χ1n) is 3.75. The van der Waals surface area contributed by atoms with Gasteiger partial charge in [-0.05, 0) is 0 Å². The van der Waals surface area contributed by atoms with E-state index < -0.39 is 17.5 Å². The zero-order valence-corrected chi connectivity index (χ0v) is 6.94. The van der Waals surface area contributed by atoms with Gasteiger partial charge < -0.3 is 5.11 Å². The quantitative estimate of drug-likeness (QED) is 0.517. The van der Waals surface area contributed by atoms with E-state index in [0.717, 1.165) is 17.4 Å². The van der Waals surface area contributed by atoms with Crippen molar-refractivity contribution in [1.29, 1.82) is 0 Å². The molecule has 2 aliphatic rings. The van der Waals surface area contributed by atoms with Crippen LogP contribution in [0, 0.1) is 0 Å². The molecule has 0 aromatic carbocycles. The summed E-state index contributed by atoms with van der Waals surface area (Å²) in [5, 5.41) is 9.89. The Morgan fingerprint density at radius 1 is 1.79 bits per heavy atom. The lowest BCUT2D eigenvalue weighted by atomic mass is 10.2. The van der Waals surface area contributed by atoms with E-state index >= 15 is 0 Å². The van der Waals surface area contributed by atoms with E-state index in [1.54, 1.807) is 0 Å². The lowest BCUT2D eigenvalue weighted by Crippen LogP contribution is -2.58. The standard InChI is InChI=1S/C7H7FN4O2/c8-4-2-10-5-1-7(9,6(13)14)11-12(5)3-4/h1-3,11H,9H2,(H,13,14). The molecular formula is C7H7FN4O2. The Balaban J connectivity index is 2.34. The van der Waals surface area contributed by atoms with Crippen LogP contribution in [0.1, 0.15) is 0 Å². The van der Waals surface area contributed by atoms with Crippen molar-refractivity contribution < 1.29 is 14.3 Å². The van der Waals surface area contributed by atoms with Crippen LogP contribution in [0.2, 0.25) is 0 Å². The van der Waals surface area contributed by atoms with Gasteiger partial charge in [-0.2, -0.15) is 5.43 Å². The summed E-state index contributed by atoms with van der Waals surface area (Å²) in [6.45, 7) is 0. The number of nitrogens with zero attached hydrogens (tertiary/aromatic N) is 2. The van der Waals surface area contributed by atoms with E-state index in [1.807, 2.05) is 0 Å². The highest BCUT2D eigenvalue weighted by molar-refractivity contribution is 5.83. The fourth-order valence-corrected chi connectivity index (χ4v) is 1.15. The van der Waals surface area contributed by atoms with Crippen LogP contribution in [0.15, 0.2) is 28.9 Å². The first-order valence-corrected chi connectivity index (χ1v) is 3.75. The van der Waals surface area contributed by atoms with Gasteiger partial charge in [0.2, 0.25) is 5.66 Å². The summed E-state index contributed by atoms with van der Waals surface area (Å²) < 4.78 is 12.7. The molecule has 14 heavy (non-hydrogen) atoms. The van der Waals surface area contributed by atoms with Gasteiger partial charge in [0, 0.05) is 6.08 Å². The first-order chi connectivity index (χ1) is 6.51. The van der Waals surface area contributed by atoms with Crippen molar-refractivity contribution in [3.8, 4) is 0 Å². The number of aliphatic carboxylic acids is 1. The Hall–Kier alpha value is -1.73. The summed E-state index contributed by atoms with van der Waals surface area (Å²) in [5.41, 5.74) is 6.11. The van der Waals surface area contributed by atoms with E-state index in [2.05, 4.69) is 10.4 Å². The zero-order valence-electron chi connectivity index (χ0n) is 6.94. The van der Waals surface area contributed by atoms with Gasteiger partial charge in [-0.25, -0.2) is 14.2 Å². The maximum atomic E-state index is 12.7. The molecule has 7 heteroatoms. The third-order valence-electron chi connectivity index (χ3n) is 1.84. The Kier molecular flexibility index (Phi) is 1.66. The van der Waals surface area contributed by atoms with Gasteiger partial charge in [0.05, 0.1) is 12.4 Å². The molecule has 0 aliphatic carbocycles. The lowest BCUT2D eigenvalue weighted by Gasteiger charge is -2.22. The lowest BCUT2D eigenvalue weighted by molar-refractivity contribution is -0.143. The van der Waals surface area contributed by atoms with Crippen LogP contribution in [-0.4, -0.2) is 28.0 Å². The number of aliphatic imine (C=N–C) groups is 1. The molecule has 0 fully saturated rings. The topological polar surface area (TPSA) is 91.0 Å². The van der Waals surface area contributed by atoms with Crippen molar-refractivity contribution in [2.45, 2.75) is 5.66 Å². The Bertz CT molecular complexity index is 389. The van der Waals surface area contributed by atoms with E-state index in [4.69, 9.17) is 10.8 Å². The number of nitrogens with two attached hydrogens (primary N) is 1. The molecule has 74 valence electrons. The number of hydrazine groups is 1. The van der Waals surface area contributed by atoms with Gasteiger partial charge in [-0.15, -0.1) is 0 Å². The van der Waals surface area contributed by atoms with Gasteiger partial charge >= 0.3 is 5.97 Å². The van der Waals surface area contributed by atoms with Crippen LogP contribution in [0.3, 0.4) is 0 Å². The summed E-state index contributed by atoms with van der Waals surface area (Å²) in [6.07, 6.45) is 3.25. The van der Waals surface area contributed by atoms with Crippen LogP contribution < -0.4 is 11.2 Å². The van der Waals surface area contributed by atoms with Crippen LogP contribution in [0.25, 0.3) is 0 Å². The number of carboxylic acids is 1.